The Kier molecular flexibility index (Phi) is 5.76. The second kappa shape index (κ2) is 8.22. The summed E-state index contributed by atoms with van der Waals surface area (Å²) in [6, 6.07) is 13.4. The zero-order chi connectivity index (χ0) is 19.4. The van der Waals surface area contributed by atoms with Crippen LogP contribution < -0.4 is 10.6 Å². The molecule has 1 aromatic heterocycles. The van der Waals surface area contributed by atoms with Crippen LogP contribution in [0.3, 0.4) is 0 Å². The molecule has 0 saturated heterocycles. The van der Waals surface area contributed by atoms with E-state index in [1.165, 1.54) is 0 Å². The minimum absolute atomic E-state index is 0.0579. The van der Waals surface area contributed by atoms with Crippen molar-refractivity contribution >= 4 is 40.4 Å². The lowest BCUT2D eigenvalue weighted by molar-refractivity contribution is -0.119. The molecular weight excluding hydrogens is 364 g/mol. The van der Waals surface area contributed by atoms with Gasteiger partial charge in [0.05, 0.1) is 11.0 Å². The van der Waals surface area contributed by atoms with Crippen LogP contribution in [0.5, 0.6) is 0 Å². The number of anilines is 1. The Hall–Kier alpha value is -2.86. The first-order valence-corrected chi connectivity index (χ1v) is 9.17. The Bertz CT molecular complexity index is 936. The molecule has 7 heteroatoms. The molecule has 0 spiro atoms. The number of halogens is 1. The molecule has 0 radical (unpaired) electrons. The second-order valence-electron chi connectivity index (χ2n) is 6.44. The van der Waals surface area contributed by atoms with E-state index in [0.717, 1.165) is 17.5 Å². The van der Waals surface area contributed by atoms with Crippen molar-refractivity contribution in [3.05, 3.63) is 59.1 Å². The monoisotopic (exact) mass is 384 g/mol. The number of rotatable bonds is 6. The number of H-pyrrole nitrogens is 1. The molecule has 0 aliphatic heterocycles. The maximum atomic E-state index is 12.8. The second-order valence-corrected chi connectivity index (χ2v) is 6.88. The lowest BCUT2D eigenvalue weighted by atomic mass is 9.98. The number of fused-ring (bicyclic) bond motifs is 1. The molecule has 2 atom stereocenters. The number of nitrogens with one attached hydrogen (secondary N) is 3. The van der Waals surface area contributed by atoms with Gasteiger partial charge in [-0.3, -0.25) is 14.9 Å². The van der Waals surface area contributed by atoms with Crippen LogP contribution in [0.4, 0.5) is 5.95 Å². The predicted octanol–water partition coefficient (Wildman–Crippen LogP) is 4.00. The average Bonchev–Trinajstić information content (AvgIpc) is 3.07. The average molecular weight is 385 g/mol. The summed E-state index contributed by atoms with van der Waals surface area (Å²) in [5, 5.41) is 6.05. The topological polar surface area (TPSA) is 86.9 Å². The van der Waals surface area contributed by atoms with E-state index in [4.69, 9.17) is 11.6 Å². The molecule has 1 heterocycles. The van der Waals surface area contributed by atoms with E-state index in [9.17, 15) is 9.59 Å². The summed E-state index contributed by atoms with van der Waals surface area (Å²) >= 11 is 5.95. The number of amides is 2. The fourth-order valence-electron chi connectivity index (χ4n) is 2.76. The number of aromatic nitrogens is 2. The first-order chi connectivity index (χ1) is 13.0. The number of hydrogen-bond donors (Lipinski definition) is 3. The fraction of sp³-hybridized carbons (Fsp3) is 0.250. The molecule has 0 aliphatic carbocycles. The van der Waals surface area contributed by atoms with Gasteiger partial charge in [-0.2, -0.15) is 0 Å². The number of nitrogens with zero attached hydrogens (tertiary/aromatic N) is 1. The summed E-state index contributed by atoms with van der Waals surface area (Å²) in [6.07, 6.45) is 0.730. The maximum Gasteiger partial charge on any atom is 0.251 e. The SMILES string of the molecule is CC[C@H](C)[C@@H](NC(=O)c1cccc(Cl)c1)C(=O)Nc1nc2ccccc2[nH]1. The van der Waals surface area contributed by atoms with E-state index in [1.54, 1.807) is 24.3 Å². The Morgan fingerprint density at radius 1 is 1.19 bits per heavy atom. The molecule has 3 aromatic rings. The van der Waals surface area contributed by atoms with E-state index >= 15 is 0 Å². The molecule has 0 aliphatic rings. The molecule has 140 valence electrons. The van der Waals surface area contributed by atoms with Crippen molar-refractivity contribution in [3.8, 4) is 0 Å². The molecule has 2 amide bonds. The van der Waals surface area contributed by atoms with Gasteiger partial charge >= 0.3 is 0 Å². The van der Waals surface area contributed by atoms with Gasteiger partial charge in [-0.25, -0.2) is 4.98 Å². The summed E-state index contributed by atoms with van der Waals surface area (Å²) in [5.74, 6) is -0.370. The molecule has 3 N–H and O–H groups in total. The Morgan fingerprint density at radius 3 is 2.67 bits per heavy atom. The molecule has 0 unspecified atom stereocenters. The van der Waals surface area contributed by atoms with Gasteiger partial charge in [0.2, 0.25) is 11.9 Å². The quantitative estimate of drug-likeness (QED) is 0.600. The molecule has 3 rings (SSSR count). The van der Waals surface area contributed by atoms with Gasteiger partial charge < -0.3 is 10.3 Å². The first kappa shape index (κ1) is 18.9. The smallest absolute Gasteiger partial charge is 0.251 e. The highest BCUT2D eigenvalue weighted by atomic mass is 35.5. The third kappa shape index (κ3) is 4.46. The lowest BCUT2D eigenvalue weighted by Crippen LogP contribution is -2.47. The number of benzene rings is 2. The normalized spacial score (nSPS) is 13.1. The van der Waals surface area contributed by atoms with Crippen LogP contribution in [-0.4, -0.2) is 27.8 Å². The van der Waals surface area contributed by atoms with Crippen LogP contribution in [-0.2, 0) is 4.79 Å². The van der Waals surface area contributed by atoms with Crippen molar-refractivity contribution in [1.29, 1.82) is 0 Å². The maximum absolute atomic E-state index is 12.8. The molecule has 0 saturated carbocycles. The zero-order valence-corrected chi connectivity index (χ0v) is 15.9. The highest BCUT2D eigenvalue weighted by molar-refractivity contribution is 6.31. The fourth-order valence-corrected chi connectivity index (χ4v) is 2.95. The highest BCUT2D eigenvalue weighted by Crippen LogP contribution is 2.16. The largest absolute Gasteiger partial charge is 0.340 e. The molecule has 27 heavy (non-hydrogen) atoms. The first-order valence-electron chi connectivity index (χ1n) is 8.80. The Morgan fingerprint density at radius 2 is 1.96 bits per heavy atom. The van der Waals surface area contributed by atoms with Crippen molar-refractivity contribution in [2.45, 2.75) is 26.3 Å². The van der Waals surface area contributed by atoms with Gasteiger partial charge in [-0.15, -0.1) is 0 Å². The highest BCUT2D eigenvalue weighted by Gasteiger charge is 2.27. The minimum Gasteiger partial charge on any atom is -0.340 e. The van der Waals surface area contributed by atoms with Crippen molar-refractivity contribution in [2.24, 2.45) is 5.92 Å². The summed E-state index contributed by atoms with van der Waals surface area (Å²) in [7, 11) is 0. The van der Waals surface area contributed by atoms with Crippen LogP contribution in [0, 0.1) is 5.92 Å². The number of imidazole rings is 1. The standard InChI is InChI=1S/C20H21ClN4O2/c1-3-12(2)17(24-18(26)13-7-6-8-14(21)11-13)19(27)25-20-22-15-9-4-5-10-16(15)23-20/h4-12,17H,3H2,1-2H3,(H,24,26)(H2,22,23,25,27)/t12-,17+/m0/s1. The lowest BCUT2D eigenvalue weighted by Gasteiger charge is -2.23. The van der Waals surface area contributed by atoms with E-state index in [1.807, 2.05) is 38.1 Å². The third-order valence-corrected chi connectivity index (χ3v) is 4.73. The van der Waals surface area contributed by atoms with E-state index in [0.29, 0.717) is 16.5 Å². The van der Waals surface area contributed by atoms with Gasteiger partial charge in [0, 0.05) is 10.6 Å². The van der Waals surface area contributed by atoms with Crippen molar-refractivity contribution in [3.63, 3.8) is 0 Å². The van der Waals surface area contributed by atoms with Gasteiger partial charge in [-0.1, -0.05) is 50.1 Å². The van der Waals surface area contributed by atoms with E-state index in [2.05, 4.69) is 20.6 Å². The molecular formula is C20H21ClN4O2. The zero-order valence-electron chi connectivity index (χ0n) is 15.1. The van der Waals surface area contributed by atoms with Crippen molar-refractivity contribution in [1.82, 2.24) is 15.3 Å². The number of carbonyl (C=O) groups is 2. The number of para-hydroxylation sites is 2. The van der Waals surface area contributed by atoms with E-state index < -0.39 is 6.04 Å². The van der Waals surface area contributed by atoms with Gasteiger partial charge in [0.15, 0.2) is 0 Å². The molecule has 2 aromatic carbocycles. The van der Waals surface area contributed by atoms with Crippen LogP contribution in [0.25, 0.3) is 11.0 Å². The minimum atomic E-state index is -0.699. The summed E-state index contributed by atoms with van der Waals surface area (Å²) in [4.78, 5) is 32.8. The molecule has 0 fully saturated rings. The number of hydrogen-bond acceptors (Lipinski definition) is 3. The third-order valence-electron chi connectivity index (χ3n) is 4.50. The number of aromatic amines is 1. The van der Waals surface area contributed by atoms with Crippen LogP contribution in [0.1, 0.15) is 30.6 Å². The Balaban J connectivity index is 1.77. The summed E-state index contributed by atoms with van der Waals surface area (Å²) in [6.45, 7) is 3.89. The van der Waals surface area contributed by atoms with Gasteiger partial charge in [-0.05, 0) is 36.2 Å². The van der Waals surface area contributed by atoms with Crippen molar-refractivity contribution < 1.29 is 9.59 Å². The van der Waals surface area contributed by atoms with E-state index in [-0.39, 0.29) is 17.7 Å². The van der Waals surface area contributed by atoms with Gasteiger partial charge in [0.25, 0.3) is 5.91 Å². The predicted molar refractivity (Wildman–Crippen MR) is 107 cm³/mol. The molecule has 6 nitrogen and oxygen atoms in total. The van der Waals surface area contributed by atoms with Crippen LogP contribution in [0.2, 0.25) is 5.02 Å². The summed E-state index contributed by atoms with van der Waals surface area (Å²) in [5.41, 5.74) is 2.00. The summed E-state index contributed by atoms with van der Waals surface area (Å²) < 4.78 is 0. The molecule has 0 bridgehead atoms. The van der Waals surface area contributed by atoms with Crippen LogP contribution >= 0.6 is 11.6 Å². The van der Waals surface area contributed by atoms with Gasteiger partial charge in [0.1, 0.15) is 6.04 Å². The van der Waals surface area contributed by atoms with Crippen LogP contribution in [0.15, 0.2) is 48.5 Å². The van der Waals surface area contributed by atoms with Crippen molar-refractivity contribution in [2.75, 3.05) is 5.32 Å². The Labute approximate surface area is 162 Å². The number of carbonyl (C=O) groups excluding carboxylic acids is 2.